The second kappa shape index (κ2) is 7.31. The third-order valence-corrected chi connectivity index (χ3v) is 4.52. The maximum atomic E-state index is 11.9. The molecule has 4 nitrogen and oxygen atoms in total. The monoisotopic (exact) mass is 308 g/mol. The molecule has 1 amide bonds. The van der Waals surface area contributed by atoms with Crippen molar-refractivity contribution >= 4 is 34.7 Å². The molecule has 1 aromatic carbocycles. The van der Waals surface area contributed by atoms with Gasteiger partial charge in [0.15, 0.2) is 4.34 Å². The molecule has 6 heteroatoms. The number of nitrogens with one attached hydrogen (secondary N) is 1. The van der Waals surface area contributed by atoms with Crippen molar-refractivity contribution in [2.75, 3.05) is 17.7 Å². The first-order valence-electron chi connectivity index (χ1n) is 6.25. The normalized spacial score (nSPS) is 10.3. The first kappa shape index (κ1) is 14.9. The van der Waals surface area contributed by atoms with Crippen LogP contribution in [0.2, 0.25) is 0 Å². The summed E-state index contributed by atoms with van der Waals surface area (Å²) in [5.41, 5.74) is 1.69. The Labute approximate surface area is 126 Å². The van der Waals surface area contributed by atoms with E-state index in [4.69, 9.17) is 4.74 Å². The van der Waals surface area contributed by atoms with Crippen molar-refractivity contribution in [2.24, 2.45) is 0 Å². The molecule has 1 N–H and O–H groups in total. The van der Waals surface area contributed by atoms with Gasteiger partial charge < -0.3 is 10.1 Å². The highest BCUT2D eigenvalue weighted by molar-refractivity contribution is 8.01. The lowest BCUT2D eigenvalue weighted by atomic mass is 10.3. The lowest BCUT2D eigenvalue weighted by Gasteiger charge is -2.10. The average Bonchev–Trinajstić information content (AvgIpc) is 2.85. The second-order valence-corrected chi connectivity index (χ2v) is 6.10. The molecule has 0 bridgehead atoms. The minimum Gasteiger partial charge on any atom is -0.492 e. The molecule has 2 rings (SSSR count). The van der Waals surface area contributed by atoms with E-state index in [9.17, 15) is 4.79 Å². The van der Waals surface area contributed by atoms with Gasteiger partial charge in [0.05, 0.1) is 18.0 Å². The zero-order valence-corrected chi connectivity index (χ0v) is 13.0. The van der Waals surface area contributed by atoms with Gasteiger partial charge in [-0.2, -0.15) is 0 Å². The van der Waals surface area contributed by atoms with Gasteiger partial charge in [-0.1, -0.05) is 23.9 Å². The third kappa shape index (κ3) is 4.25. The third-order valence-electron chi connectivity index (χ3n) is 2.39. The van der Waals surface area contributed by atoms with Crippen molar-refractivity contribution in [1.82, 2.24) is 4.98 Å². The molecule has 1 aromatic heterocycles. The first-order valence-corrected chi connectivity index (χ1v) is 8.12. The molecule has 0 unspecified atom stereocenters. The molecular weight excluding hydrogens is 292 g/mol. The van der Waals surface area contributed by atoms with Gasteiger partial charge in [0, 0.05) is 11.1 Å². The Morgan fingerprint density at radius 2 is 2.25 bits per heavy atom. The van der Waals surface area contributed by atoms with Crippen LogP contribution in [0.3, 0.4) is 0 Å². The number of nitrogens with zero attached hydrogens (tertiary/aromatic N) is 1. The molecule has 106 valence electrons. The molecule has 0 radical (unpaired) electrons. The summed E-state index contributed by atoms with van der Waals surface area (Å²) in [6.45, 7) is 4.43. The fourth-order valence-corrected chi connectivity index (χ4v) is 3.21. The Hall–Kier alpha value is -1.53. The molecule has 0 aliphatic carbocycles. The predicted molar refractivity (Wildman–Crippen MR) is 83.8 cm³/mol. The fourth-order valence-electron chi connectivity index (χ4n) is 1.56. The molecule has 0 aliphatic heterocycles. The first-order chi connectivity index (χ1) is 9.69. The molecule has 0 saturated carbocycles. The molecule has 0 atom stereocenters. The van der Waals surface area contributed by atoms with Crippen LogP contribution in [-0.2, 0) is 4.79 Å². The zero-order valence-electron chi connectivity index (χ0n) is 11.4. The van der Waals surface area contributed by atoms with Crippen molar-refractivity contribution in [3.8, 4) is 5.75 Å². The molecule has 0 saturated heterocycles. The minimum absolute atomic E-state index is 0.0602. The van der Waals surface area contributed by atoms with Crippen LogP contribution in [0.25, 0.3) is 0 Å². The number of carbonyl (C=O) groups excluding carboxylic acids is 1. The quantitative estimate of drug-likeness (QED) is 0.829. The topological polar surface area (TPSA) is 51.2 Å². The second-order valence-electron chi connectivity index (χ2n) is 4.02. The van der Waals surface area contributed by atoms with Crippen molar-refractivity contribution < 1.29 is 9.53 Å². The van der Waals surface area contributed by atoms with Crippen LogP contribution < -0.4 is 10.1 Å². The van der Waals surface area contributed by atoms with Crippen LogP contribution in [0.5, 0.6) is 5.75 Å². The van der Waals surface area contributed by atoms with E-state index in [0.29, 0.717) is 23.8 Å². The summed E-state index contributed by atoms with van der Waals surface area (Å²) in [5, 5.41) is 4.84. The number of rotatable bonds is 6. The zero-order chi connectivity index (χ0) is 14.4. The maximum absolute atomic E-state index is 11.9. The summed E-state index contributed by atoms with van der Waals surface area (Å²) in [7, 11) is 0. The van der Waals surface area contributed by atoms with Gasteiger partial charge in [-0.05, 0) is 26.0 Å². The largest absolute Gasteiger partial charge is 0.492 e. The van der Waals surface area contributed by atoms with E-state index in [2.05, 4.69) is 10.3 Å². The predicted octanol–water partition coefficient (Wildman–Crippen LogP) is 3.58. The highest BCUT2D eigenvalue weighted by Crippen LogP contribution is 2.25. The Balaban J connectivity index is 1.91. The number of hydrogen-bond acceptors (Lipinski definition) is 5. The Kier molecular flexibility index (Phi) is 5.43. The van der Waals surface area contributed by atoms with E-state index in [0.717, 1.165) is 10.0 Å². The average molecular weight is 308 g/mol. The van der Waals surface area contributed by atoms with Gasteiger partial charge in [-0.3, -0.25) is 4.79 Å². The number of benzene rings is 1. The summed E-state index contributed by atoms with van der Waals surface area (Å²) < 4.78 is 6.38. The minimum atomic E-state index is -0.0602. The summed E-state index contributed by atoms with van der Waals surface area (Å²) in [6.07, 6.45) is 0. The fraction of sp³-hybridized carbons (Fsp3) is 0.286. The summed E-state index contributed by atoms with van der Waals surface area (Å²) >= 11 is 3.00. The van der Waals surface area contributed by atoms with E-state index < -0.39 is 0 Å². The van der Waals surface area contributed by atoms with E-state index in [1.165, 1.54) is 11.8 Å². The van der Waals surface area contributed by atoms with Crippen molar-refractivity contribution in [2.45, 2.75) is 18.2 Å². The highest BCUT2D eigenvalue weighted by Gasteiger charge is 2.09. The van der Waals surface area contributed by atoms with Gasteiger partial charge >= 0.3 is 0 Å². The number of thioether (sulfide) groups is 1. The molecule has 0 fully saturated rings. The van der Waals surface area contributed by atoms with Crippen molar-refractivity contribution in [3.05, 3.63) is 35.3 Å². The van der Waals surface area contributed by atoms with E-state index in [1.54, 1.807) is 11.3 Å². The van der Waals surface area contributed by atoms with Crippen molar-refractivity contribution in [3.63, 3.8) is 0 Å². The standard InChI is InChI=1S/C14H16N2O2S2/c1-3-18-12-7-5-4-6-11(12)16-13(17)9-20-14-15-10(2)8-19-14/h4-8H,3,9H2,1-2H3,(H,16,17). The van der Waals surface area contributed by atoms with Crippen LogP contribution in [0.4, 0.5) is 5.69 Å². The molecule has 20 heavy (non-hydrogen) atoms. The van der Waals surface area contributed by atoms with Gasteiger partial charge in [-0.15, -0.1) is 11.3 Å². The number of ether oxygens (including phenoxy) is 1. The van der Waals surface area contributed by atoms with Gasteiger partial charge in [0.25, 0.3) is 0 Å². The number of aryl methyl sites for hydroxylation is 1. The molecule has 0 aliphatic rings. The van der Waals surface area contributed by atoms with Gasteiger partial charge in [0.2, 0.25) is 5.91 Å². The van der Waals surface area contributed by atoms with Crippen LogP contribution in [0.15, 0.2) is 34.0 Å². The molecule has 1 heterocycles. The van der Waals surface area contributed by atoms with Crippen LogP contribution in [0.1, 0.15) is 12.6 Å². The molecular formula is C14H16N2O2S2. The molecule has 0 spiro atoms. The number of amides is 1. The number of thiazole rings is 1. The van der Waals surface area contributed by atoms with Crippen LogP contribution in [0, 0.1) is 6.92 Å². The molecule has 2 aromatic rings. The summed E-state index contributed by atoms with van der Waals surface area (Å²) in [6, 6.07) is 7.43. The summed E-state index contributed by atoms with van der Waals surface area (Å²) in [4.78, 5) is 16.3. The Morgan fingerprint density at radius 1 is 1.45 bits per heavy atom. The Morgan fingerprint density at radius 3 is 2.95 bits per heavy atom. The highest BCUT2D eigenvalue weighted by atomic mass is 32.2. The van der Waals surface area contributed by atoms with Crippen LogP contribution in [-0.4, -0.2) is 23.3 Å². The van der Waals surface area contributed by atoms with E-state index >= 15 is 0 Å². The smallest absolute Gasteiger partial charge is 0.234 e. The lowest BCUT2D eigenvalue weighted by molar-refractivity contribution is -0.113. The number of carbonyl (C=O) groups is 1. The number of hydrogen-bond donors (Lipinski definition) is 1. The number of anilines is 1. The lowest BCUT2D eigenvalue weighted by Crippen LogP contribution is -2.14. The maximum Gasteiger partial charge on any atom is 0.234 e. The van der Waals surface area contributed by atoms with Crippen LogP contribution >= 0.6 is 23.1 Å². The van der Waals surface area contributed by atoms with Gasteiger partial charge in [0.1, 0.15) is 5.75 Å². The van der Waals surface area contributed by atoms with E-state index in [1.807, 2.05) is 43.5 Å². The number of para-hydroxylation sites is 2. The Bertz CT molecular complexity index is 584. The van der Waals surface area contributed by atoms with E-state index in [-0.39, 0.29) is 5.91 Å². The number of aromatic nitrogens is 1. The summed E-state index contributed by atoms with van der Waals surface area (Å²) in [5.74, 6) is 0.974. The SMILES string of the molecule is CCOc1ccccc1NC(=O)CSc1nc(C)cs1. The van der Waals surface area contributed by atoms with Gasteiger partial charge in [-0.25, -0.2) is 4.98 Å². The van der Waals surface area contributed by atoms with Crippen molar-refractivity contribution in [1.29, 1.82) is 0 Å².